The second-order valence-corrected chi connectivity index (χ2v) is 9.82. The lowest BCUT2D eigenvalue weighted by Gasteiger charge is -2.25. The van der Waals surface area contributed by atoms with Gasteiger partial charge in [-0.05, 0) is 55.3 Å². The fourth-order valence-electron chi connectivity index (χ4n) is 4.19. The number of aromatic nitrogens is 3. The number of thioether (sulfide) groups is 1. The van der Waals surface area contributed by atoms with Crippen LogP contribution in [0.4, 0.5) is 0 Å². The zero-order chi connectivity index (χ0) is 23.2. The third-order valence-corrected chi connectivity index (χ3v) is 6.82. The molecule has 5 rings (SSSR count). The van der Waals surface area contributed by atoms with Crippen LogP contribution in [0.2, 0.25) is 0 Å². The second kappa shape index (κ2) is 10.9. The molecule has 3 heterocycles. The van der Waals surface area contributed by atoms with Gasteiger partial charge in [0.05, 0.1) is 6.61 Å². The molecule has 2 aromatic carbocycles. The van der Waals surface area contributed by atoms with Crippen LogP contribution in [0, 0.1) is 6.92 Å². The van der Waals surface area contributed by atoms with Crippen molar-refractivity contribution in [1.82, 2.24) is 19.9 Å². The highest BCUT2D eigenvalue weighted by Crippen LogP contribution is 2.25. The van der Waals surface area contributed by atoms with Gasteiger partial charge in [0.25, 0.3) is 0 Å². The van der Waals surface area contributed by atoms with Gasteiger partial charge in [0.1, 0.15) is 17.3 Å². The van der Waals surface area contributed by atoms with E-state index >= 15 is 0 Å². The van der Waals surface area contributed by atoms with Gasteiger partial charge in [-0.25, -0.2) is 4.98 Å². The van der Waals surface area contributed by atoms with E-state index in [9.17, 15) is 0 Å². The number of aromatic amines is 1. The van der Waals surface area contributed by atoms with Crippen LogP contribution < -0.4 is 9.47 Å². The molecule has 1 aliphatic rings. The maximum absolute atomic E-state index is 6.02. The van der Waals surface area contributed by atoms with Crippen molar-refractivity contribution < 1.29 is 9.47 Å². The first-order valence-electron chi connectivity index (χ1n) is 11.8. The minimum absolute atomic E-state index is 0.542. The van der Waals surface area contributed by atoms with E-state index in [-0.39, 0.29) is 0 Å². The van der Waals surface area contributed by atoms with Crippen molar-refractivity contribution in [2.24, 2.45) is 0 Å². The van der Waals surface area contributed by atoms with Crippen molar-refractivity contribution in [3.05, 3.63) is 77.9 Å². The van der Waals surface area contributed by atoms with Gasteiger partial charge in [0.15, 0.2) is 0 Å². The Bertz CT molecular complexity index is 1240. The van der Waals surface area contributed by atoms with E-state index in [0.717, 1.165) is 59.1 Å². The minimum Gasteiger partial charge on any atom is -0.494 e. The molecule has 0 unspecified atom stereocenters. The number of ether oxygens (including phenoxy) is 2. The molecule has 0 spiro atoms. The number of aryl methyl sites for hydroxylation is 1. The Balaban J connectivity index is 1.17. The van der Waals surface area contributed by atoms with E-state index < -0.39 is 0 Å². The van der Waals surface area contributed by atoms with E-state index in [0.29, 0.717) is 12.3 Å². The molecule has 0 radical (unpaired) electrons. The van der Waals surface area contributed by atoms with E-state index in [1.165, 1.54) is 24.6 Å². The molecular weight excluding hydrogens is 444 g/mol. The number of nitrogens with one attached hydrogen (secondary N) is 1. The highest BCUT2D eigenvalue weighted by molar-refractivity contribution is 7.99. The van der Waals surface area contributed by atoms with Crippen molar-refractivity contribution in [2.45, 2.75) is 19.8 Å². The molecule has 6 nitrogen and oxygen atoms in total. The topological polar surface area (TPSA) is 63.3 Å². The van der Waals surface area contributed by atoms with Crippen molar-refractivity contribution >= 4 is 22.7 Å². The molecule has 7 heteroatoms. The number of H-pyrrole nitrogens is 1. The minimum atomic E-state index is 0.542. The standard InChI is InChI=1S/C27H30N4O2S/c1-20-16-22-19-24(6-7-25(22)29-20)33-27-8-9-28-26(30-27)18-21-4-2-5-23(17-21)32-13-3-10-31-11-14-34-15-12-31/h2,4-9,16-17,19,29H,3,10-15,18H2,1H3. The highest BCUT2D eigenvalue weighted by Gasteiger charge is 2.10. The summed E-state index contributed by atoms with van der Waals surface area (Å²) >= 11 is 2.05. The summed E-state index contributed by atoms with van der Waals surface area (Å²) in [6.45, 7) is 6.29. The molecule has 0 amide bonds. The highest BCUT2D eigenvalue weighted by atomic mass is 32.2. The molecule has 1 N–H and O–H groups in total. The molecule has 0 bridgehead atoms. The first-order chi connectivity index (χ1) is 16.7. The molecule has 176 valence electrons. The monoisotopic (exact) mass is 474 g/mol. The molecule has 1 saturated heterocycles. The molecular formula is C27H30N4O2S. The van der Waals surface area contributed by atoms with Crippen molar-refractivity contribution in [1.29, 1.82) is 0 Å². The van der Waals surface area contributed by atoms with Gasteiger partial charge in [0, 0.05) is 66.4 Å². The Hall–Kier alpha value is -3.03. The van der Waals surface area contributed by atoms with Gasteiger partial charge >= 0.3 is 0 Å². The first kappa shape index (κ1) is 22.7. The predicted molar refractivity (Wildman–Crippen MR) is 138 cm³/mol. The number of benzene rings is 2. The second-order valence-electron chi connectivity index (χ2n) is 8.59. The molecule has 0 aliphatic carbocycles. The lowest BCUT2D eigenvalue weighted by atomic mass is 10.1. The van der Waals surface area contributed by atoms with Crippen LogP contribution in [0.1, 0.15) is 23.5 Å². The van der Waals surface area contributed by atoms with Crippen LogP contribution in [0.25, 0.3) is 10.9 Å². The van der Waals surface area contributed by atoms with E-state index in [4.69, 9.17) is 9.47 Å². The smallest absolute Gasteiger partial charge is 0.222 e. The molecule has 4 aromatic rings. The van der Waals surface area contributed by atoms with Gasteiger partial charge in [-0.15, -0.1) is 0 Å². The van der Waals surface area contributed by atoms with Crippen LogP contribution >= 0.6 is 11.8 Å². The summed E-state index contributed by atoms with van der Waals surface area (Å²) in [4.78, 5) is 14.9. The Morgan fingerprint density at radius 3 is 2.85 bits per heavy atom. The zero-order valence-corrected chi connectivity index (χ0v) is 20.3. The van der Waals surface area contributed by atoms with Gasteiger partial charge in [-0.3, -0.25) is 0 Å². The van der Waals surface area contributed by atoms with Gasteiger partial charge in [-0.1, -0.05) is 12.1 Å². The Morgan fingerprint density at radius 2 is 1.94 bits per heavy atom. The average Bonchev–Trinajstić information content (AvgIpc) is 3.22. The number of fused-ring (bicyclic) bond motifs is 1. The maximum Gasteiger partial charge on any atom is 0.222 e. The average molecular weight is 475 g/mol. The lowest BCUT2D eigenvalue weighted by Crippen LogP contribution is -2.33. The summed E-state index contributed by atoms with van der Waals surface area (Å²) in [5.41, 5.74) is 3.34. The normalized spacial score (nSPS) is 14.4. The Morgan fingerprint density at radius 1 is 1.03 bits per heavy atom. The van der Waals surface area contributed by atoms with Gasteiger partial charge in [0.2, 0.25) is 5.88 Å². The molecule has 34 heavy (non-hydrogen) atoms. The van der Waals surface area contributed by atoms with Gasteiger partial charge in [-0.2, -0.15) is 16.7 Å². The summed E-state index contributed by atoms with van der Waals surface area (Å²) in [5, 5.41) is 1.12. The fraction of sp³-hybridized carbons (Fsp3) is 0.333. The third-order valence-electron chi connectivity index (χ3n) is 5.88. The van der Waals surface area contributed by atoms with Crippen LogP contribution in [0.3, 0.4) is 0 Å². The molecule has 0 saturated carbocycles. The predicted octanol–water partition coefficient (Wildman–Crippen LogP) is 5.47. The first-order valence-corrected chi connectivity index (χ1v) is 13.0. The fourth-order valence-corrected chi connectivity index (χ4v) is 5.17. The number of hydrogen-bond donors (Lipinski definition) is 1. The Labute approximate surface area is 204 Å². The SMILES string of the molecule is Cc1cc2cc(Oc3ccnc(Cc4cccc(OCCCN5CCSCC5)c4)n3)ccc2[nH]1. The largest absolute Gasteiger partial charge is 0.494 e. The molecule has 0 atom stereocenters. The zero-order valence-electron chi connectivity index (χ0n) is 19.5. The summed E-state index contributed by atoms with van der Waals surface area (Å²) in [7, 11) is 0. The van der Waals surface area contributed by atoms with Crippen molar-refractivity contribution in [3.8, 4) is 17.4 Å². The summed E-state index contributed by atoms with van der Waals surface area (Å²) in [5.74, 6) is 5.42. The van der Waals surface area contributed by atoms with Crippen molar-refractivity contribution in [2.75, 3.05) is 37.7 Å². The van der Waals surface area contributed by atoms with Crippen LogP contribution in [0.15, 0.2) is 60.8 Å². The Kier molecular flexibility index (Phi) is 7.31. The molecule has 2 aromatic heterocycles. The number of hydrogen-bond acceptors (Lipinski definition) is 6. The van der Waals surface area contributed by atoms with E-state index in [1.54, 1.807) is 12.3 Å². The van der Waals surface area contributed by atoms with E-state index in [1.807, 2.05) is 49.0 Å². The quantitative estimate of drug-likeness (QED) is 0.325. The van der Waals surface area contributed by atoms with Crippen LogP contribution in [-0.2, 0) is 6.42 Å². The van der Waals surface area contributed by atoms with E-state index in [2.05, 4.69) is 38.1 Å². The molecule has 1 aliphatic heterocycles. The van der Waals surface area contributed by atoms with Crippen LogP contribution in [0.5, 0.6) is 17.4 Å². The third kappa shape index (κ3) is 6.10. The maximum atomic E-state index is 6.02. The van der Waals surface area contributed by atoms with Crippen molar-refractivity contribution in [3.63, 3.8) is 0 Å². The number of rotatable bonds is 9. The summed E-state index contributed by atoms with van der Waals surface area (Å²) < 4.78 is 12.0. The number of nitrogens with zero attached hydrogens (tertiary/aromatic N) is 3. The van der Waals surface area contributed by atoms with Crippen LogP contribution in [-0.4, -0.2) is 57.6 Å². The molecule has 1 fully saturated rings. The summed E-state index contributed by atoms with van der Waals surface area (Å²) in [6, 6.07) is 18.1. The lowest BCUT2D eigenvalue weighted by molar-refractivity contribution is 0.248. The summed E-state index contributed by atoms with van der Waals surface area (Å²) in [6.07, 6.45) is 3.41. The van der Waals surface area contributed by atoms with Gasteiger partial charge < -0.3 is 19.4 Å².